The van der Waals surface area contributed by atoms with Crippen LogP contribution in [-0.2, 0) is 10.8 Å². The Hall–Kier alpha value is -2.03. The molecule has 0 aromatic heterocycles. The number of hydrogen-bond donors (Lipinski definition) is 2. The van der Waals surface area contributed by atoms with Gasteiger partial charge >= 0.3 is 0 Å². The summed E-state index contributed by atoms with van der Waals surface area (Å²) in [5, 5.41) is 16.0. The highest BCUT2D eigenvalue weighted by Crippen LogP contribution is 2.26. The number of nitrogens with one attached hydrogen (secondary N) is 2. The van der Waals surface area contributed by atoms with Crippen molar-refractivity contribution < 1.29 is 18.3 Å². The maximum atomic E-state index is 13.7. The fraction of sp³-hybridized carbons (Fsp3) is 0.417. The molecule has 0 radical (unpaired) electrons. The second kappa shape index (κ2) is 7.67. The molecule has 1 rings (SSSR count). The van der Waals surface area contributed by atoms with Gasteiger partial charge in [-0.25, -0.2) is 4.39 Å². The Kier molecular flexibility index (Phi) is 6.22. The van der Waals surface area contributed by atoms with Crippen LogP contribution >= 0.6 is 0 Å². The summed E-state index contributed by atoms with van der Waals surface area (Å²) >= 11 is 0. The average molecular weight is 317 g/mol. The average Bonchev–Trinajstić information content (AvgIpc) is 2.40. The summed E-state index contributed by atoms with van der Waals surface area (Å²) in [6, 6.07) is 1.82. The highest BCUT2D eigenvalue weighted by molar-refractivity contribution is 7.84. The first-order chi connectivity index (χ1) is 9.86. The number of carbonyl (C=O) groups excluding carboxylic acids is 1. The molecule has 116 valence electrons. The second-order valence-electron chi connectivity index (χ2n) is 4.17. The van der Waals surface area contributed by atoms with E-state index in [0.717, 1.165) is 6.07 Å². The third-order valence-electron chi connectivity index (χ3n) is 2.57. The molecule has 1 aromatic rings. The molecule has 2 N–H and O–H groups in total. The van der Waals surface area contributed by atoms with Crippen LogP contribution in [0.25, 0.3) is 0 Å². The van der Waals surface area contributed by atoms with Gasteiger partial charge in [-0.2, -0.15) is 0 Å². The van der Waals surface area contributed by atoms with Crippen molar-refractivity contribution in [3.8, 4) is 0 Å². The molecule has 1 aromatic carbocycles. The van der Waals surface area contributed by atoms with Gasteiger partial charge in [-0.15, -0.1) is 0 Å². The van der Waals surface area contributed by atoms with Crippen LogP contribution in [0.4, 0.5) is 15.8 Å². The van der Waals surface area contributed by atoms with Crippen LogP contribution in [0.3, 0.4) is 0 Å². The summed E-state index contributed by atoms with van der Waals surface area (Å²) in [6.07, 6.45) is 1.48. The van der Waals surface area contributed by atoms with Gasteiger partial charge in [0.05, 0.1) is 16.7 Å². The van der Waals surface area contributed by atoms with Gasteiger partial charge < -0.3 is 10.6 Å². The van der Waals surface area contributed by atoms with E-state index < -0.39 is 33.1 Å². The van der Waals surface area contributed by atoms with Crippen molar-refractivity contribution in [3.63, 3.8) is 0 Å². The van der Waals surface area contributed by atoms with E-state index >= 15 is 0 Å². The van der Waals surface area contributed by atoms with Gasteiger partial charge in [0.25, 0.3) is 11.6 Å². The Morgan fingerprint density at radius 1 is 1.48 bits per heavy atom. The van der Waals surface area contributed by atoms with Gasteiger partial charge in [0.15, 0.2) is 5.82 Å². The first-order valence-corrected chi connectivity index (χ1v) is 7.89. The number of hydrogen-bond acceptors (Lipinski definition) is 5. The fourth-order valence-electron chi connectivity index (χ4n) is 1.63. The second-order valence-corrected chi connectivity index (χ2v) is 5.72. The van der Waals surface area contributed by atoms with Gasteiger partial charge in [0.2, 0.25) is 0 Å². The van der Waals surface area contributed by atoms with Crippen LogP contribution in [0.1, 0.15) is 17.3 Å². The molecule has 7 nitrogen and oxygen atoms in total. The molecule has 0 heterocycles. The topological polar surface area (TPSA) is 101 Å². The highest BCUT2D eigenvalue weighted by atomic mass is 32.2. The lowest BCUT2D eigenvalue weighted by Crippen LogP contribution is -2.28. The van der Waals surface area contributed by atoms with Crippen molar-refractivity contribution in [1.82, 2.24) is 5.32 Å². The quantitative estimate of drug-likeness (QED) is 0.582. The smallest absolute Gasteiger partial charge is 0.285 e. The van der Waals surface area contributed by atoms with Crippen LogP contribution < -0.4 is 10.6 Å². The summed E-state index contributed by atoms with van der Waals surface area (Å²) in [7, 11) is -1.08. The predicted octanol–water partition coefficient (Wildman–Crippen LogP) is 1.27. The largest absolute Gasteiger partial charge is 0.383 e. The SMILES string of the molecule is CCNc1cc(C(=O)NCCS(C)=O)c([N+](=O)[O-])cc1F. The van der Waals surface area contributed by atoms with E-state index in [2.05, 4.69) is 10.6 Å². The van der Waals surface area contributed by atoms with Gasteiger partial charge in [-0.3, -0.25) is 19.1 Å². The Labute approximate surface area is 123 Å². The zero-order chi connectivity index (χ0) is 16.0. The zero-order valence-corrected chi connectivity index (χ0v) is 12.5. The minimum absolute atomic E-state index is 0.0207. The molecule has 0 aliphatic carbocycles. The predicted molar refractivity (Wildman–Crippen MR) is 78.5 cm³/mol. The molecule has 1 unspecified atom stereocenters. The third kappa shape index (κ3) is 4.78. The molecule has 0 aliphatic heterocycles. The summed E-state index contributed by atoms with van der Waals surface area (Å²) in [6.45, 7) is 2.26. The molecular formula is C12H16FN3O4S. The minimum Gasteiger partial charge on any atom is -0.383 e. The number of amides is 1. The lowest BCUT2D eigenvalue weighted by Gasteiger charge is -2.09. The van der Waals surface area contributed by atoms with Gasteiger partial charge in [0, 0.05) is 35.9 Å². The van der Waals surface area contributed by atoms with Gasteiger partial charge in [0.1, 0.15) is 5.56 Å². The summed E-state index contributed by atoms with van der Waals surface area (Å²) in [5.74, 6) is -1.26. The standard InChI is InChI=1S/C12H16FN3O4S/c1-3-14-10-6-8(11(16(18)19)7-9(10)13)12(17)15-4-5-21(2)20/h6-7,14H,3-5H2,1-2H3,(H,15,17). The number of carbonyl (C=O) groups is 1. The third-order valence-corrected chi connectivity index (χ3v) is 3.35. The van der Waals surface area contributed by atoms with E-state index in [1.165, 1.54) is 6.26 Å². The van der Waals surface area contributed by atoms with E-state index in [9.17, 15) is 23.5 Å². The zero-order valence-electron chi connectivity index (χ0n) is 11.6. The molecule has 0 bridgehead atoms. The normalized spacial score (nSPS) is 11.8. The molecule has 21 heavy (non-hydrogen) atoms. The van der Waals surface area contributed by atoms with Crippen LogP contribution in [0.2, 0.25) is 0 Å². The molecule has 0 saturated carbocycles. The summed E-state index contributed by atoms with van der Waals surface area (Å²) in [5.41, 5.74) is -0.823. The molecule has 1 atom stereocenters. The number of rotatable bonds is 7. The first kappa shape index (κ1) is 17.0. The van der Waals surface area contributed by atoms with Gasteiger partial charge in [-0.05, 0) is 13.0 Å². The van der Waals surface area contributed by atoms with E-state index in [-0.39, 0.29) is 23.5 Å². The number of anilines is 1. The maximum Gasteiger partial charge on any atom is 0.285 e. The van der Waals surface area contributed by atoms with Crippen molar-refractivity contribution in [2.75, 3.05) is 30.4 Å². The fourth-order valence-corrected chi connectivity index (χ4v) is 2.01. The van der Waals surface area contributed by atoms with Crippen LogP contribution in [0.5, 0.6) is 0 Å². The van der Waals surface area contributed by atoms with E-state index in [1.807, 2.05) is 0 Å². The molecule has 0 fully saturated rings. The van der Waals surface area contributed by atoms with Crippen molar-refractivity contribution >= 4 is 28.1 Å². The number of nitro groups is 1. The lowest BCUT2D eigenvalue weighted by atomic mass is 10.1. The number of nitro benzene ring substituents is 1. The van der Waals surface area contributed by atoms with Crippen LogP contribution in [0.15, 0.2) is 12.1 Å². The Morgan fingerprint density at radius 2 is 2.14 bits per heavy atom. The van der Waals surface area contributed by atoms with Crippen LogP contribution in [0, 0.1) is 15.9 Å². The Bertz CT molecular complexity index is 580. The summed E-state index contributed by atoms with van der Waals surface area (Å²) in [4.78, 5) is 22.1. The lowest BCUT2D eigenvalue weighted by molar-refractivity contribution is -0.385. The van der Waals surface area contributed by atoms with E-state index in [1.54, 1.807) is 6.92 Å². The minimum atomic E-state index is -1.08. The monoisotopic (exact) mass is 317 g/mol. The molecule has 1 amide bonds. The molecule has 0 saturated heterocycles. The Morgan fingerprint density at radius 3 is 2.67 bits per heavy atom. The van der Waals surface area contributed by atoms with Crippen molar-refractivity contribution in [2.45, 2.75) is 6.92 Å². The molecule has 9 heteroatoms. The number of halogens is 1. The first-order valence-electron chi connectivity index (χ1n) is 6.16. The maximum absolute atomic E-state index is 13.7. The van der Waals surface area contributed by atoms with Crippen molar-refractivity contribution in [1.29, 1.82) is 0 Å². The highest BCUT2D eigenvalue weighted by Gasteiger charge is 2.23. The van der Waals surface area contributed by atoms with E-state index in [0.29, 0.717) is 12.6 Å². The van der Waals surface area contributed by atoms with E-state index in [4.69, 9.17) is 0 Å². The van der Waals surface area contributed by atoms with Gasteiger partial charge in [-0.1, -0.05) is 0 Å². The van der Waals surface area contributed by atoms with Crippen molar-refractivity contribution in [3.05, 3.63) is 33.6 Å². The molecular weight excluding hydrogens is 301 g/mol. The van der Waals surface area contributed by atoms with Crippen LogP contribution in [-0.4, -0.2) is 40.1 Å². The number of benzene rings is 1. The molecule has 0 spiro atoms. The number of nitrogens with zero attached hydrogens (tertiary/aromatic N) is 1. The Balaban J connectivity index is 3.06. The summed E-state index contributed by atoms with van der Waals surface area (Å²) < 4.78 is 24.6. The molecule has 0 aliphatic rings. The van der Waals surface area contributed by atoms with Crippen molar-refractivity contribution in [2.24, 2.45) is 0 Å².